The predicted molar refractivity (Wildman–Crippen MR) is 65.7 cm³/mol. The van der Waals surface area contributed by atoms with E-state index in [1.165, 1.54) is 12.1 Å². The summed E-state index contributed by atoms with van der Waals surface area (Å²) in [4.78, 5) is 12.1. The molecule has 104 valence electrons. The van der Waals surface area contributed by atoms with Crippen LogP contribution in [0.1, 0.15) is 21.5 Å². The molecule has 0 radical (unpaired) electrons. The largest absolute Gasteiger partial charge is 0.416 e. The second-order valence-electron chi connectivity index (χ2n) is 4.14. The molecular weight excluding hydrogens is 274 g/mol. The highest BCUT2D eigenvalue weighted by Gasteiger charge is 2.31. The molecule has 0 atom stereocenters. The van der Waals surface area contributed by atoms with Gasteiger partial charge in [0.1, 0.15) is 5.82 Å². The smallest absolute Gasteiger partial charge is 0.398 e. The molecule has 20 heavy (non-hydrogen) atoms. The van der Waals surface area contributed by atoms with Crippen LogP contribution in [-0.2, 0) is 6.18 Å². The van der Waals surface area contributed by atoms with Gasteiger partial charge in [0.15, 0.2) is 5.78 Å². The maximum absolute atomic E-state index is 12.8. The van der Waals surface area contributed by atoms with Crippen molar-refractivity contribution in [3.63, 3.8) is 0 Å². The van der Waals surface area contributed by atoms with Gasteiger partial charge in [-0.15, -0.1) is 0 Å². The maximum Gasteiger partial charge on any atom is 0.416 e. The van der Waals surface area contributed by atoms with E-state index in [1.54, 1.807) is 0 Å². The number of hydrogen-bond acceptors (Lipinski definition) is 2. The quantitative estimate of drug-likeness (QED) is 0.519. The first-order valence-electron chi connectivity index (χ1n) is 5.56. The Labute approximate surface area is 111 Å². The average molecular weight is 283 g/mol. The molecular formula is C14H9F4NO. The summed E-state index contributed by atoms with van der Waals surface area (Å²) in [7, 11) is 0. The SMILES string of the molecule is Nc1cc(C(F)(F)F)ccc1C(=O)c1ccc(F)cc1. The Morgan fingerprint density at radius 1 is 1.00 bits per heavy atom. The Hall–Kier alpha value is -2.37. The molecule has 0 amide bonds. The van der Waals surface area contributed by atoms with Crippen molar-refractivity contribution in [2.45, 2.75) is 6.18 Å². The van der Waals surface area contributed by atoms with Crippen LogP contribution in [0.2, 0.25) is 0 Å². The number of benzene rings is 2. The number of halogens is 4. The van der Waals surface area contributed by atoms with E-state index in [2.05, 4.69) is 0 Å². The minimum atomic E-state index is -4.52. The van der Waals surface area contributed by atoms with E-state index in [0.29, 0.717) is 6.07 Å². The highest BCUT2D eigenvalue weighted by molar-refractivity contribution is 6.12. The third-order valence-corrected chi connectivity index (χ3v) is 2.73. The van der Waals surface area contributed by atoms with Gasteiger partial charge in [-0.2, -0.15) is 13.2 Å². The van der Waals surface area contributed by atoms with E-state index in [0.717, 1.165) is 24.3 Å². The summed E-state index contributed by atoms with van der Waals surface area (Å²) in [5, 5.41) is 0. The van der Waals surface area contributed by atoms with Gasteiger partial charge in [-0.25, -0.2) is 4.39 Å². The van der Waals surface area contributed by atoms with E-state index >= 15 is 0 Å². The molecule has 0 fully saturated rings. The van der Waals surface area contributed by atoms with E-state index < -0.39 is 23.3 Å². The van der Waals surface area contributed by atoms with Gasteiger partial charge >= 0.3 is 6.18 Å². The number of anilines is 1. The van der Waals surface area contributed by atoms with Crippen LogP contribution in [0.3, 0.4) is 0 Å². The van der Waals surface area contributed by atoms with Crippen molar-refractivity contribution in [1.82, 2.24) is 0 Å². The molecule has 0 aliphatic heterocycles. The Morgan fingerprint density at radius 2 is 1.60 bits per heavy atom. The van der Waals surface area contributed by atoms with Crippen LogP contribution in [0.5, 0.6) is 0 Å². The van der Waals surface area contributed by atoms with Crippen LogP contribution in [0.15, 0.2) is 42.5 Å². The van der Waals surface area contributed by atoms with Gasteiger partial charge in [-0.3, -0.25) is 4.79 Å². The van der Waals surface area contributed by atoms with Crippen molar-refractivity contribution in [2.75, 3.05) is 5.73 Å². The Morgan fingerprint density at radius 3 is 2.10 bits per heavy atom. The number of nitrogen functional groups attached to an aromatic ring is 1. The van der Waals surface area contributed by atoms with Gasteiger partial charge in [0, 0.05) is 16.8 Å². The van der Waals surface area contributed by atoms with Crippen LogP contribution in [-0.4, -0.2) is 5.78 Å². The van der Waals surface area contributed by atoms with E-state index in [-0.39, 0.29) is 16.8 Å². The van der Waals surface area contributed by atoms with Crippen LogP contribution >= 0.6 is 0 Å². The first-order chi connectivity index (χ1) is 9.29. The van der Waals surface area contributed by atoms with Crippen LogP contribution in [0, 0.1) is 5.82 Å². The summed E-state index contributed by atoms with van der Waals surface area (Å²) in [5.74, 6) is -1.07. The molecule has 2 nitrogen and oxygen atoms in total. The van der Waals surface area contributed by atoms with Gasteiger partial charge in [-0.1, -0.05) is 0 Å². The van der Waals surface area contributed by atoms with Crippen molar-refractivity contribution in [3.8, 4) is 0 Å². The number of carbonyl (C=O) groups excluding carboxylic acids is 1. The van der Waals surface area contributed by atoms with Crippen molar-refractivity contribution in [2.24, 2.45) is 0 Å². The third kappa shape index (κ3) is 2.79. The van der Waals surface area contributed by atoms with Crippen LogP contribution in [0.25, 0.3) is 0 Å². The molecule has 0 saturated heterocycles. The lowest BCUT2D eigenvalue weighted by atomic mass is 10.00. The summed E-state index contributed by atoms with van der Waals surface area (Å²) in [5.41, 5.74) is 4.40. The summed E-state index contributed by atoms with van der Waals surface area (Å²) in [6, 6.07) is 7.18. The Bertz CT molecular complexity index is 647. The van der Waals surface area contributed by atoms with Crippen LogP contribution in [0.4, 0.5) is 23.2 Å². The molecule has 0 bridgehead atoms. The van der Waals surface area contributed by atoms with Crippen molar-refractivity contribution < 1.29 is 22.4 Å². The first kappa shape index (κ1) is 14.0. The Kier molecular flexibility index (Phi) is 3.48. The lowest BCUT2D eigenvalue weighted by molar-refractivity contribution is -0.137. The predicted octanol–water partition coefficient (Wildman–Crippen LogP) is 3.66. The number of rotatable bonds is 2. The number of nitrogens with two attached hydrogens (primary N) is 1. The average Bonchev–Trinajstić information content (AvgIpc) is 2.37. The highest BCUT2D eigenvalue weighted by Crippen LogP contribution is 2.31. The van der Waals surface area contributed by atoms with Gasteiger partial charge in [0.2, 0.25) is 0 Å². The fraction of sp³-hybridized carbons (Fsp3) is 0.0714. The van der Waals surface area contributed by atoms with Crippen molar-refractivity contribution in [3.05, 3.63) is 65.0 Å². The summed E-state index contributed by atoms with van der Waals surface area (Å²) in [6.45, 7) is 0. The van der Waals surface area contributed by atoms with Gasteiger partial charge in [0.05, 0.1) is 5.56 Å². The van der Waals surface area contributed by atoms with E-state index in [1.807, 2.05) is 0 Å². The third-order valence-electron chi connectivity index (χ3n) is 2.73. The maximum atomic E-state index is 12.8. The molecule has 0 heterocycles. The molecule has 6 heteroatoms. The van der Waals surface area contributed by atoms with Crippen molar-refractivity contribution in [1.29, 1.82) is 0 Å². The molecule has 0 aliphatic rings. The normalized spacial score (nSPS) is 11.4. The molecule has 2 aromatic carbocycles. The molecule has 0 aromatic heterocycles. The second kappa shape index (κ2) is 4.96. The zero-order valence-corrected chi connectivity index (χ0v) is 10.0. The first-order valence-corrected chi connectivity index (χ1v) is 5.56. The molecule has 2 aromatic rings. The highest BCUT2D eigenvalue weighted by atomic mass is 19.4. The number of carbonyl (C=O) groups is 1. The topological polar surface area (TPSA) is 43.1 Å². The Balaban J connectivity index is 2.38. The minimum Gasteiger partial charge on any atom is -0.398 e. The molecule has 0 aliphatic carbocycles. The summed E-state index contributed by atoms with van der Waals surface area (Å²) in [6.07, 6.45) is -4.52. The molecule has 0 spiro atoms. The zero-order valence-electron chi connectivity index (χ0n) is 10.0. The van der Waals surface area contributed by atoms with Crippen LogP contribution < -0.4 is 5.73 Å². The number of ketones is 1. The molecule has 2 N–H and O–H groups in total. The molecule has 2 rings (SSSR count). The summed E-state index contributed by atoms with van der Waals surface area (Å²) < 4.78 is 50.2. The summed E-state index contributed by atoms with van der Waals surface area (Å²) >= 11 is 0. The minimum absolute atomic E-state index is 0.0513. The van der Waals surface area contributed by atoms with Gasteiger partial charge in [0.25, 0.3) is 0 Å². The molecule has 0 unspecified atom stereocenters. The standard InChI is InChI=1S/C14H9F4NO/c15-10-4-1-8(2-5-10)13(20)11-6-3-9(7-12(11)19)14(16,17)18/h1-7H,19H2. The lowest BCUT2D eigenvalue weighted by Crippen LogP contribution is -2.10. The van der Waals surface area contributed by atoms with E-state index in [9.17, 15) is 22.4 Å². The monoisotopic (exact) mass is 283 g/mol. The molecule has 0 saturated carbocycles. The zero-order chi connectivity index (χ0) is 14.9. The fourth-order valence-corrected chi connectivity index (χ4v) is 1.70. The second-order valence-corrected chi connectivity index (χ2v) is 4.14. The van der Waals surface area contributed by atoms with Gasteiger partial charge < -0.3 is 5.73 Å². The van der Waals surface area contributed by atoms with E-state index in [4.69, 9.17) is 5.73 Å². The fourth-order valence-electron chi connectivity index (χ4n) is 1.70. The van der Waals surface area contributed by atoms with Gasteiger partial charge in [-0.05, 0) is 42.5 Å². The number of hydrogen-bond donors (Lipinski definition) is 1. The van der Waals surface area contributed by atoms with Crippen molar-refractivity contribution >= 4 is 11.5 Å². The lowest BCUT2D eigenvalue weighted by Gasteiger charge is -2.10. The number of alkyl halides is 3.